The van der Waals surface area contributed by atoms with E-state index in [4.69, 9.17) is 4.18 Å². The molecule has 0 radical (unpaired) electrons. The van der Waals surface area contributed by atoms with E-state index in [1.807, 2.05) is 13.8 Å². The fourth-order valence-corrected chi connectivity index (χ4v) is 5.89. The first kappa shape index (κ1) is 28.9. The Bertz CT molecular complexity index is 1210. The van der Waals surface area contributed by atoms with E-state index in [0.717, 1.165) is 30.4 Å². The van der Waals surface area contributed by atoms with Gasteiger partial charge in [0.15, 0.2) is 10.9 Å². The first-order valence-corrected chi connectivity index (χ1v) is 15.3. The van der Waals surface area contributed by atoms with Gasteiger partial charge >= 0.3 is 10.1 Å². The lowest BCUT2D eigenvalue weighted by atomic mass is 10.1. The van der Waals surface area contributed by atoms with Gasteiger partial charge in [0.1, 0.15) is 4.90 Å². The van der Waals surface area contributed by atoms with Crippen LogP contribution in [0.25, 0.3) is 0 Å². The molecule has 1 amide bonds. The second kappa shape index (κ2) is 14.3. The van der Waals surface area contributed by atoms with Gasteiger partial charge in [-0.25, -0.2) is 0 Å². The maximum atomic E-state index is 12.7. The standard InChI is InChI=1S/C28H37N3O4S2/c1-4-5-6-7-8-9-10-11-12-26-27(32)30-28(36-26)31-29-20-23-19-22(3)15-18-25(23)35-37(33,34)24-16-13-21(2)14-17-24/h13-20,26H,4-12H2,1-3H3,(H,30,31,32)/b29-20+. The van der Waals surface area contributed by atoms with Crippen LogP contribution in [0.3, 0.4) is 0 Å². The number of carbonyl (C=O) groups excluding carboxylic acids is 1. The predicted octanol–water partition coefficient (Wildman–Crippen LogP) is 6.52. The van der Waals surface area contributed by atoms with Crippen molar-refractivity contribution in [3.63, 3.8) is 0 Å². The molecule has 1 aliphatic rings. The van der Waals surface area contributed by atoms with Crippen LogP contribution < -0.4 is 9.50 Å². The number of benzene rings is 2. The average molecular weight is 544 g/mol. The van der Waals surface area contributed by atoms with Crippen LogP contribution in [-0.2, 0) is 14.9 Å². The third-order valence-corrected chi connectivity index (χ3v) is 8.51. The first-order valence-electron chi connectivity index (χ1n) is 13.0. The van der Waals surface area contributed by atoms with Crippen molar-refractivity contribution in [3.05, 3.63) is 59.2 Å². The van der Waals surface area contributed by atoms with Crippen molar-refractivity contribution in [1.29, 1.82) is 0 Å². The molecule has 2 aromatic rings. The van der Waals surface area contributed by atoms with Crippen LogP contribution in [0.4, 0.5) is 0 Å². The van der Waals surface area contributed by atoms with E-state index in [-0.39, 0.29) is 21.8 Å². The van der Waals surface area contributed by atoms with E-state index in [1.165, 1.54) is 68.6 Å². The number of rotatable bonds is 14. The van der Waals surface area contributed by atoms with Crippen molar-refractivity contribution in [3.8, 4) is 5.75 Å². The van der Waals surface area contributed by atoms with Gasteiger partial charge in [-0.2, -0.15) is 13.5 Å². The van der Waals surface area contributed by atoms with Gasteiger partial charge in [-0.15, -0.1) is 5.10 Å². The summed E-state index contributed by atoms with van der Waals surface area (Å²) in [5.74, 6) is 0.122. The average Bonchev–Trinajstić information content (AvgIpc) is 3.21. The van der Waals surface area contributed by atoms with Gasteiger partial charge in [0.05, 0.1) is 11.5 Å². The van der Waals surface area contributed by atoms with E-state index >= 15 is 0 Å². The van der Waals surface area contributed by atoms with Crippen molar-refractivity contribution in [2.75, 3.05) is 0 Å². The molecule has 0 saturated carbocycles. The third-order valence-electron chi connectivity index (χ3n) is 6.12. The molecule has 1 aliphatic heterocycles. The molecular formula is C28H37N3O4S2. The Morgan fingerprint density at radius 3 is 2.30 bits per heavy atom. The van der Waals surface area contributed by atoms with Crippen LogP contribution >= 0.6 is 11.8 Å². The molecule has 9 heteroatoms. The van der Waals surface area contributed by atoms with Crippen LogP contribution in [-0.4, -0.2) is 31.0 Å². The smallest absolute Gasteiger partial charge is 0.339 e. The Hall–Kier alpha value is -2.65. The highest BCUT2D eigenvalue weighted by molar-refractivity contribution is 8.15. The van der Waals surface area contributed by atoms with Crippen molar-refractivity contribution >= 4 is 39.2 Å². The van der Waals surface area contributed by atoms with E-state index in [0.29, 0.717) is 10.7 Å². The van der Waals surface area contributed by atoms with Gasteiger partial charge in [-0.05, 0) is 44.5 Å². The van der Waals surface area contributed by atoms with Crippen molar-refractivity contribution in [2.24, 2.45) is 10.2 Å². The summed E-state index contributed by atoms with van der Waals surface area (Å²) >= 11 is 1.39. The Kier molecular flexibility index (Phi) is 11.2. The highest BCUT2D eigenvalue weighted by Gasteiger charge is 2.29. The highest BCUT2D eigenvalue weighted by atomic mass is 32.2. The van der Waals surface area contributed by atoms with Gasteiger partial charge < -0.3 is 9.50 Å². The van der Waals surface area contributed by atoms with E-state index in [1.54, 1.807) is 30.3 Å². The molecule has 1 N–H and O–H groups in total. The third kappa shape index (κ3) is 9.31. The van der Waals surface area contributed by atoms with Crippen LogP contribution in [0, 0.1) is 13.8 Å². The quantitative estimate of drug-likeness (QED) is 0.127. The lowest BCUT2D eigenvalue weighted by molar-refractivity contribution is -0.118. The number of carbonyl (C=O) groups is 1. The van der Waals surface area contributed by atoms with E-state index < -0.39 is 10.1 Å². The summed E-state index contributed by atoms with van der Waals surface area (Å²) < 4.78 is 30.9. The van der Waals surface area contributed by atoms with Gasteiger partial charge in [0.25, 0.3) is 0 Å². The SMILES string of the molecule is CCCCCCCCCCC1S/C(=N/N=C/c2cc(C)ccc2OS(=O)(=O)c2ccc(C)cc2)NC1=O. The fraction of sp³-hybridized carbons (Fsp3) is 0.464. The van der Waals surface area contributed by atoms with Crippen molar-refractivity contribution < 1.29 is 17.4 Å². The zero-order valence-corrected chi connectivity index (χ0v) is 23.5. The number of aryl methyl sites for hydroxylation is 2. The molecule has 0 aliphatic carbocycles. The molecule has 200 valence electrons. The van der Waals surface area contributed by atoms with Crippen molar-refractivity contribution in [1.82, 2.24) is 5.32 Å². The molecule has 1 atom stereocenters. The number of nitrogens with zero attached hydrogens (tertiary/aromatic N) is 2. The molecule has 37 heavy (non-hydrogen) atoms. The summed E-state index contributed by atoms with van der Waals surface area (Å²) in [6, 6.07) is 11.6. The van der Waals surface area contributed by atoms with Gasteiger partial charge in [-0.1, -0.05) is 99.4 Å². The maximum absolute atomic E-state index is 12.7. The molecule has 7 nitrogen and oxygen atoms in total. The van der Waals surface area contributed by atoms with Crippen LogP contribution in [0.1, 0.15) is 81.4 Å². The number of amides is 1. The van der Waals surface area contributed by atoms with Crippen LogP contribution in [0.5, 0.6) is 5.75 Å². The predicted molar refractivity (Wildman–Crippen MR) is 152 cm³/mol. The Balaban J connectivity index is 1.56. The second-order valence-corrected chi connectivity index (χ2v) is 12.1. The number of amidine groups is 1. The normalized spacial score (nSPS) is 17.0. The Morgan fingerprint density at radius 2 is 1.59 bits per heavy atom. The van der Waals surface area contributed by atoms with Gasteiger partial charge in [-0.3, -0.25) is 4.79 Å². The fourth-order valence-electron chi connectivity index (χ4n) is 3.97. The monoisotopic (exact) mass is 543 g/mol. The lowest BCUT2D eigenvalue weighted by Gasteiger charge is -2.10. The Labute approximate surface area is 225 Å². The summed E-state index contributed by atoms with van der Waals surface area (Å²) in [6.45, 7) is 6.00. The zero-order chi connectivity index (χ0) is 26.7. The molecule has 2 aromatic carbocycles. The summed E-state index contributed by atoms with van der Waals surface area (Å²) in [4.78, 5) is 12.4. The second-order valence-electron chi connectivity index (χ2n) is 9.40. The molecule has 0 aromatic heterocycles. The van der Waals surface area contributed by atoms with E-state index in [2.05, 4.69) is 22.4 Å². The largest absolute Gasteiger partial charge is 0.378 e. The van der Waals surface area contributed by atoms with Crippen LogP contribution in [0.15, 0.2) is 57.6 Å². The molecule has 3 rings (SSSR count). The number of hydrogen-bond donors (Lipinski definition) is 1. The molecule has 0 bridgehead atoms. The van der Waals surface area contributed by atoms with Crippen molar-refractivity contribution in [2.45, 2.75) is 88.7 Å². The molecular weight excluding hydrogens is 506 g/mol. The minimum atomic E-state index is -4.00. The van der Waals surface area contributed by atoms with Gasteiger partial charge in [0, 0.05) is 5.56 Å². The summed E-state index contributed by atoms with van der Waals surface area (Å²) in [6.07, 6.45) is 12.1. The molecule has 1 saturated heterocycles. The molecule has 1 unspecified atom stereocenters. The van der Waals surface area contributed by atoms with E-state index in [9.17, 15) is 13.2 Å². The first-order chi connectivity index (χ1) is 17.8. The number of nitrogens with one attached hydrogen (secondary N) is 1. The molecule has 0 spiro atoms. The molecule has 1 heterocycles. The minimum Gasteiger partial charge on any atom is -0.378 e. The maximum Gasteiger partial charge on any atom is 0.339 e. The lowest BCUT2D eigenvalue weighted by Crippen LogP contribution is -2.24. The number of thioether (sulfide) groups is 1. The van der Waals surface area contributed by atoms with Gasteiger partial charge in [0.2, 0.25) is 5.91 Å². The summed E-state index contributed by atoms with van der Waals surface area (Å²) in [5.41, 5.74) is 2.35. The summed E-state index contributed by atoms with van der Waals surface area (Å²) in [7, 11) is -4.00. The highest BCUT2D eigenvalue weighted by Crippen LogP contribution is 2.26. The topological polar surface area (TPSA) is 97.2 Å². The minimum absolute atomic E-state index is 0.0364. The Morgan fingerprint density at radius 1 is 0.946 bits per heavy atom. The zero-order valence-electron chi connectivity index (χ0n) is 21.9. The van der Waals surface area contributed by atoms with Crippen LogP contribution in [0.2, 0.25) is 0 Å². The number of hydrogen-bond acceptors (Lipinski definition) is 7. The molecule has 1 fully saturated rings. The summed E-state index contributed by atoms with van der Waals surface area (Å²) in [5, 5.41) is 11.4. The number of unbranched alkanes of at least 4 members (excludes halogenated alkanes) is 7.